The minimum absolute atomic E-state index is 0.00758. The van der Waals surface area contributed by atoms with Crippen molar-refractivity contribution < 1.29 is 22.7 Å². The number of hydrogen-bond acceptors (Lipinski definition) is 5. The van der Waals surface area contributed by atoms with Crippen LogP contribution in [0.4, 0.5) is 0 Å². The Balaban J connectivity index is 1.44. The van der Waals surface area contributed by atoms with Gasteiger partial charge in [-0.1, -0.05) is 37.3 Å². The molecular weight excluding hydrogens is 438 g/mol. The fourth-order valence-electron chi connectivity index (χ4n) is 4.96. The number of carbonyl (C=O) groups is 1. The van der Waals surface area contributed by atoms with Crippen LogP contribution in [-0.2, 0) is 19.3 Å². The molecule has 2 saturated heterocycles. The number of likely N-dealkylation sites (tertiary alicyclic amines) is 1. The average molecular weight is 472 g/mol. The maximum Gasteiger partial charge on any atom is 0.253 e. The van der Waals surface area contributed by atoms with Crippen LogP contribution in [0.3, 0.4) is 0 Å². The average Bonchev–Trinajstić information content (AvgIpc) is 2.85. The van der Waals surface area contributed by atoms with E-state index in [2.05, 4.69) is 12.1 Å². The molecule has 2 aliphatic rings. The SMILES string of the molecule is CCO[C@H]1C[C@@H](c2ccccc2)OC2(CCN(C(=O)c3ccc(S(=O)(=O)CC)cc3)CC2)C1. The second-order valence-corrected chi connectivity index (χ2v) is 11.2. The van der Waals surface area contributed by atoms with Crippen LogP contribution < -0.4 is 0 Å². The molecule has 0 N–H and O–H groups in total. The summed E-state index contributed by atoms with van der Waals surface area (Å²) in [4.78, 5) is 15.2. The van der Waals surface area contributed by atoms with E-state index < -0.39 is 9.84 Å². The fraction of sp³-hybridized carbons (Fsp3) is 0.500. The Morgan fingerprint density at radius 3 is 2.33 bits per heavy atom. The standard InChI is InChI=1S/C26H33NO5S/c1-3-31-22-18-24(20-8-6-5-7-9-20)32-26(19-22)14-16-27(17-15-26)25(28)21-10-12-23(13-11-21)33(29,30)4-2/h5-13,22,24H,3-4,14-19H2,1-2H3/t22-,24-/m0/s1. The molecule has 4 rings (SSSR count). The van der Waals surface area contributed by atoms with E-state index in [9.17, 15) is 13.2 Å². The first-order valence-corrected chi connectivity index (χ1v) is 13.5. The molecule has 0 aromatic heterocycles. The third kappa shape index (κ3) is 5.31. The number of carbonyl (C=O) groups excluding carboxylic acids is 1. The highest BCUT2D eigenvalue weighted by Crippen LogP contribution is 2.44. The van der Waals surface area contributed by atoms with E-state index in [1.54, 1.807) is 19.1 Å². The van der Waals surface area contributed by atoms with Gasteiger partial charge in [-0.15, -0.1) is 0 Å². The van der Waals surface area contributed by atoms with E-state index in [-0.39, 0.29) is 34.4 Å². The molecular formula is C26H33NO5S. The molecule has 178 valence electrons. The van der Waals surface area contributed by atoms with Crippen molar-refractivity contribution in [1.29, 1.82) is 0 Å². The van der Waals surface area contributed by atoms with Gasteiger partial charge < -0.3 is 14.4 Å². The molecule has 2 atom stereocenters. The minimum atomic E-state index is -3.28. The number of nitrogens with zero attached hydrogens (tertiary/aromatic N) is 1. The van der Waals surface area contributed by atoms with E-state index in [1.165, 1.54) is 17.7 Å². The van der Waals surface area contributed by atoms with Crippen molar-refractivity contribution in [3.05, 3.63) is 65.7 Å². The van der Waals surface area contributed by atoms with Crippen LogP contribution in [0, 0.1) is 0 Å². The number of hydrogen-bond donors (Lipinski definition) is 0. The van der Waals surface area contributed by atoms with E-state index >= 15 is 0 Å². The fourth-order valence-corrected chi connectivity index (χ4v) is 5.85. The highest BCUT2D eigenvalue weighted by molar-refractivity contribution is 7.91. The predicted octanol–water partition coefficient (Wildman–Crippen LogP) is 4.41. The third-order valence-corrected chi connectivity index (χ3v) is 8.60. The molecule has 2 fully saturated rings. The summed E-state index contributed by atoms with van der Waals surface area (Å²) >= 11 is 0. The van der Waals surface area contributed by atoms with Crippen molar-refractivity contribution in [2.45, 2.75) is 62.2 Å². The zero-order valence-electron chi connectivity index (χ0n) is 19.4. The molecule has 0 bridgehead atoms. The Morgan fingerprint density at radius 2 is 1.73 bits per heavy atom. The van der Waals surface area contributed by atoms with Crippen molar-refractivity contribution in [1.82, 2.24) is 4.90 Å². The van der Waals surface area contributed by atoms with Gasteiger partial charge in [0.05, 0.1) is 28.5 Å². The number of sulfone groups is 1. The molecule has 2 aromatic carbocycles. The lowest BCUT2D eigenvalue weighted by Crippen LogP contribution is -2.52. The number of amides is 1. The van der Waals surface area contributed by atoms with Crippen LogP contribution in [0.15, 0.2) is 59.5 Å². The molecule has 7 heteroatoms. The Kier molecular flexibility index (Phi) is 7.22. The van der Waals surface area contributed by atoms with Crippen LogP contribution in [0.2, 0.25) is 0 Å². The van der Waals surface area contributed by atoms with E-state index in [0.29, 0.717) is 25.3 Å². The number of piperidine rings is 1. The predicted molar refractivity (Wildman–Crippen MR) is 127 cm³/mol. The summed E-state index contributed by atoms with van der Waals surface area (Å²) in [6.07, 6.45) is 3.34. The summed E-state index contributed by atoms with van der Waals surface area (Å²) in [6.45, 7) is 5.53. The molecule has 0 aliphatic carbocycles. The summed E-state index contributed by atoms with van der Waals surface area (Å²) in [6, 6.07) is 16.6. The van der Waals surface area contributed by atoms with Gasteiger partial charge in [0, 0.05) is 38.1 Å². The van der Waals surface area contributed by atoms with Crippen LogP contribution in [0.5, 0.6) is 0 Å². The highest BCUT2D eigenvalue weighted by Gasteiger charge is 2.45. The normalized spacial score (nSPS) is 22.9. The molecule has 0 radical (unpaired) electrons. The Morgan fingerprint density at radius 1 is 1.06 bits per heavy atom. The molecule has 0 saturated carbocycles. The highest BCUT2D eigenvalue weighted by atomic mass is 32.2. The monoisotopic (exact) mass is 471 g/mol. The van der Waals surface area contributed by atoms with Crippen LogP contribution in [-0.4, -0.2) is 56.4 Å². The van der Waals surface area contributed by atoms with Crippen molar-refractivity contribution >= 4 is 15.7 Å². The quantitative estimate of drug-likeness (QED) is 0.624. The first-order valence-electron chi connectivity index (χ1n) is 11.8. The van der Waals surface area contributed by atoms with Gasteiger partial charge in [0.15, 0.2) is 9.84 Å². The molecule has 33 heavy (non-hydrogen) atoms. The Hall–Kier alpha value is -2.22. The van der Waals surface area contributed by atoms with Gasteiger partial charge in [-0.05, 0) is 49.6 Å². The first-order chi connectivity index (χ1) is 15.9. The van der Waals surface area contributed by atoms with E-state index in [0.717, 1.165) is 25.7 Å². The molecule has 2 aliphatic heterocycles. The minimum Gasteiger partial charge on any atom is -0.378 e. The maximum atomic E-state index is 13.1. The number of benzene rings is 2. The van der Waals surface area contributed by atoms with Gasteiger partial charge in [-0.2, -0.15) is 0 Å². The third-order valence-electron chi connectivity index (χ3n) is 6.84. The molecule has 1 spiro atoms. The van der Waals surface area contributed by atoms with E-state index in [4.69, 9.17) is 9.47 Å². The molecule has 1 amide bonds. The second-order valence-electron chi connectivity index (χ2n) is 8.94. The van der Waals surface area contributed by atoms with E-state index in [1.807, 2.05) is 30.0 Å². The number of rotatable bonds is 6. The van der Waals surface area contributed by atoms with Crippen molar-refractivity contribution in [2.75, 3.05) is 25.4 Å². The van der Waals surface area contributed by atoms with Crippen molar-refractivity contribution in [3.8, 4) is 0 Å². The summed E-state index contributed by atoms with van der Waals surface area (Å²) < 4.78 is 36.8. The lowest BCUT2D eigenvalue weighted by Gasteiger charge is -2.48. The lowest BCUT2D eigenvalue weighted by atomic mass is 9.80. The summed E-state index contributed by atoms with van der Waals surface area (Å²) in [5.74, 6) is -0.0247. The Bertz CT molecular complexity index is 1040. The smallest absolute Gasteiger partial charge is 0.253 e. The molecule has 2 aromatic rings. The van der Waals surface area contributed by atoms with Gasteiger partial charge in [0.2, 0.25) is 0 Å². The van der Waals surface area contributed by atoms with Crippen LogP contribution in [0.25, 0.3) is 0 Å². The van der Waals surface area contributed by atoms with Gasteiger partial charge in [0.1, 0.15) is 0 Å². The lowest BCUT2D eigenvalue weighted by molar-refractivity contribution is -0.190. The summed E-state index contributed by atoms with van der Waals surface area (Å²) in [5, 5.41) is 0. The van der Waals surface area contributed by atoms with Gasteiger partial charge in [-0.3, -0.25) is 4.79 Å². The summed E-state index contributed by atoms with van der Waals surface area (Å²) in [5.41, 5.74) is 1.39. The molecule has 2 heterocycles. The Labute approximate surface area is 196 Å². The van der Waals surface area contributed by atoms with Gasteiger partial charge >= 0.3 is 0 Å². The summed E-state index contributed by atoms with van der Waals surface area (Å²) in [7, 11) is -3.28. The van der Waals surface area contributed by atoms with Gasteiger partial charge in [0.25, 0.3) is 5.91 Å². The van der Waals surface area contributed by atoms with Crippen molar-refractivity contribution in [2.24, 2.45) is 0 Å². The topological polar surface area (TPSA) is 72.9 Å². The van der Waals surface area contributed by atoms with Gasteiger partial charge in [-0.25, -0.2) is 8.42 Å². The zero-order chi connectivity index (χ0) is 23.5. The van der Waals surface area contributed by atoms with Crippen LogP contribution >= 0.6 is 0 Å². The van der Waals surface area contributed by atoms with Crippen LogP contribution in [0.1, 0.15) is 61.6 Å². The second kappa shape index (κ2) is 9.95. The largest absolute Gasteiger partial charge is 0.378 e. The number of ether oxygens (including phenoxy) is 2. The maximum absolute atomic E-state index is 13.1. The zero-order valence-corrected chi connectivity index (χ0v) is 20.2. The van der Waals surface area contributed by atoms with Crippen molar-refractivity contribution in [3.63, 3.8) is 0 Å². The molecule has 0 unspecified atom stereocenters. The molecule has 6 nitrogen and oxygen atoms in total. The first kappa shape index (κ1) is 23.9.